The maximum absolute atomic E-state index is 11.8. The van der Waals surface area contributed by atoms with Crippen molar-refractivity contribution >= 4 is 11.6 Å². The second-order valence-corrected chi connectivity index (χ2v) is 4.14. The van der Waals surface area contributed by atoms with E-state index in [-0.39, 0.29) is 11.9 Å². The number of rotatable bonds is 3. The molecule has 0 spiro atoms. The maximum atomic E-state index is 11.8. The van der Waals surface area contributed by atoms with Gasteiger partial charge in [0.2, 0.25) is 5.91 Å². The average molecular weight is 234 g/mol. The van der Waals surface area contributed by atoms with E-state index in [1.165, 1.54) is 0 Å². The number of hydrogen-bond acceptors (Lipinski definition) is 4. The highest BCUT2D eigenvalue weighted by Crippen LogP contribution is 2.27. The highest BCUT2D eigenvalue weighted by molar-refractivity contribution is 5.85. The van der Waals surface area contributed by atoms with Crippen molar-refractivity contribution in [2.75, 3.05) is 18.5 Å². The van der Waals surface area contributed by atoms with Gasteiger partial charge in [0.15, 0.2) is 0 Å². The molecule has 1 fully saturated rings. The molecule has 1 saturated heterocycles. The number of pyridine rings is 1. The number of nitrogens with zero attached hydrogens (tertiary/aromatic N) is 2. The second-order valence-electron chi connectivity index (χ2n) is 4.14. The molecule has 5 heteroatoms. The van der Waals surface area contributed by atoms with Gasteiger partial charge < -0.3 is 16.0 Å². The molecule has 1 aromatic heterocycles. The Balaban J connectivity index is 2.29. The smallest absolute Gasteiger partial charge is 0.242 e. The highest BCUT2D eigenvalue weighted by Gasteiger charge is 2.31. The van der Waals surface area contributed by atoms with Crippen molar-refractivity contribution in [3.63, 3.8) is 0 Å². The van der Waals surface area contributed by atoms with Crippen LogP contribution >= 0.6 is 0 Å². The molecular weight excluding hydrogens is 216 g/mol. The third kappa shape index (κ3) is 2.24. The molecular formula is C12H18N4O. The summed E-state index contributed by atoms with van der Waals surface area (Å²) in [6.07, 6.45) is 3.65. The SMILES string of the molecule is CNC(=O)C1CCCN1c1cccnc1CN. The molecule has 1 aliphatic rings. The molecule has 3 N–H and O–H groups in total. The number of likely N-dealkylation sites (N-methyl/N-ethyl adjacent to an activating group) is 1. The van der Waals surface area contributed by atoms with Crippen molar-refractivity contribution < 1.29 is 4.79 Å². The summed E-state index contributed by atoms with van der Waals surface area (Å²) in [7, 11) is 1.67. The lowest BCUT2D eigenvalue weighted by Gasteiger charge is -2.26. The number of aromatic nitrogens is 1. The lowest BCUT2D eigenvalue weighted by molar-refractivity contribution is -0.121. The Morgan fingerprint density at radius 3 is 3.24 bits per heavy atom. The summed E-state index contributed by atoms with van der Waals surface area (Å²) >= 11 is 0. The number of anilines is 1. The average Bonchev–Trinajstić information content (AvgIpc) is 2.86. The minimum atomic E-state index is -0.0884. The number of carbonyl (C=O) groups excluding carboxylic acids is 1. The van der Waals surface area contributed by atoms with Gasteiger partial charge in [-0.2, -0.15) is 0 Å². The van der Waals surface area contributed by atoms with Gasteiger partial charge in [-0.1, -0.05) is 0 Å². The van der Waals surface area contributed by atoms with E-state index in [0.717, 1.165) is 30.8 Å². The van der Waals surface area contributed by atoms with Crippen LogP contribution in [0.2, 0.25) is 0 Å². The summed E-state index contributed by atoms with van der Waals surface area (Å²) in [4.78, 5) is 18.2. The molecule has 0 radical (unpaired) electrons. The predicted octanol–water partition coefficient (Wildman–Crippen LogP) is 0.255. The zero-order valence-electron chi connectivity index (χ0n) is 10.0. The Labute approximate surface area is 101 Å². The summed E-state index contributed by atoms with van der Waals surface area (Å²) in [6.45, 7) is 1.28. The van der Waals surface area contributed by atoms with Crippen LogP contribution in [0.5, 0.6) is 0 Å². The third-order valence-electron chi connectivity index (χ3n) is 3.17. The summed E-state index contributed by atoms with van der Waals surface area (Å²) in [6, 6.07) is 3.78. The fourth-order valence-electron chi connectivity index (χ4n) is 2.34. The van der Waals surface area contributed by atoms with Gasteiger partial charge in [0.05, 0.1) is 11.4 Å². The van der Waals surface area contributed by atoms with Gasteiger partial charge in [-0.05, 0) is 25.0 Å². The number of hydrogen-bond donors (Lipinski definition) is 2. The van der Waals surface area contributed by atoms with Gasteiger partial charge in [-0.3, -0.25) is 9.78 Å². The van der Waals surface area contributed by atoms with Crippen molar-refractivity contribution in [2.45, 2.75) is 25.4 Å². The van der Waals surface area contributed by atoms with E-state index >= 15 is 0 Å². The standard InChI is InChI=1S/C12H18N4O/c1-14-12(17)11-5-3-7-16(11)10-4-2-6-15-9(10)8-13/h2,4,6,11H,3,5,7-8,13H2,1H3,(H,14,17). The Morgan fingerprint density at radius 1 is 1.71 bits per heavy atom. The topological polar surface area (TPSA) is 71.2 Å². The third-order valence-corrected chi connectivity index (χ3v) is 3.17. The monoisotopic (exact) mass is 234 g/mol. The van der Waals surface area contributed by atoms with Gasteiger partial charge in [0.25, 0.3) is 0 Å². The summed E-state index contributed by atoms with van der Waals surface area (Å²) in [5, 5.41) is 2.71. The second kappa shape index (κ2) is 5.14. The molecule has 1 aromatic rings. The molecule has 1 aliphatic heterocycles. The van der Waals surface area contributed by atoms with Gasteiger partial charge in [-0.25, -0.2) is 0 Å². The molecule has 2 rings (SSSR count). The fraction of sp³-hybridized carbons (Fsp3) is 0.500. The molecule has 1 atom stereocenters. The van der Waals surface area contributed by atoms with Crippen molar-refractivity contribution in [3.8, 4) is 0 Å². The number of amides is 1. The highest BCUT2D eigenvalue weighted by atomic mass is 16.2. The van der Waals surface area contributed by atoms with Crippen LogP contribution in [0.25, 0.3) is 0 Å². The zero-order chi connectivity index (χ0) is 12.3. The van der Waals surface area contributed by atoms with E-state index in [1.54, 1.807) is 13.2 Å². The zero-order valence-corrected chi connectivity index (χ0v) is 10.0. The van der Waals surface area contributed by atoms with Crippen LogP contribution in [0.15, 0.2) is 18.3 Å². The van der Waals surface area contributed by atoms with E-state index in [9.17, 15) is 4.79 Å². The number of carbonyl (C=O) groups is 1. The van der Waals surface area contributed by atoms with Gasteiger partial charge in [0.1, 0.15) is 6.04 Å². The molecule has 0 bridgehead atoms. The minimum absolute atomic E-state index is 0.0642. The van der Waals surface area contributed by atoms with Crippen LogP contribution in [-0.2, 0) is 11.3 Å². The molecule has 1 unspecified atom stereocenters. The van der Waals surface area contributed by atoms with Gasteiger partial charge in [0, 0.05) is 26.3 Å². The summed E-state index contributed by atoms with van der Waals surface area (Å²) in [5.41, 5.74) is 7.52. The van der Waals surface area contributed by atoms with Crippen LogP contribution in [0.3, 0.4) is 0 Å². The lowest BCUT2D eigenvalue weighted by Crippen LogP contribution is -2.42. The first-order valence-electron chi connectivity index (χ1n) is 5.90. The van der Waals surface area contributed by atoms with Crippen LogP contribution in [-0.4, -0.2) is 30.5 Å². The Bertz CT molecular complexity index is 407. The molecule has 0 aromatic carbocycles. The molecule has 0 saturated carbocycles. The number of nitrogens with two attached hydrogens (primary N) is 1. The fourth-order valence-corrected chi connectivity index (χ4v) is 2.34. The first-order chi connectivity index (χ1) is 8.27. The summed E-state index contributed by atoms with van der Waals surface area (Å²) < 4.78 is 0. The predicted molar refractivity (Wildman–Crippen MR) is 66.6 cm³/mol. The molecule has 2 heterocycles. The van der Waals surface area contributed by atoms with Crippen molar-refractivity contribution in [2.24, 2.45) is 5.73 Å². The van der Waals surface area contributed by atoms with Gasteiger partial charge in [-0.15, -0.1) is 0 Å². The van der Waals surface area contributed by atoms with Crippen LogP contribution in [0.4, 0.5) is 5.69 Å². The van der Waals surface area contributed by atoms with Gasteiger partial charge >= 0.3 is 0 Å². The Kier molecular flexibility index (Phi) is 3.58. The minimum Gasteiger partial charge on any atom is -0.358 e. The molecule has 0 aliphatic carbocycles. The van der Waals surface area contributed by atoms with Crippen LogP contribution < -0.4 is 16.0 Å². The molecule has 5 nitrogen and oxygen atoms in total. The van der Waals surface area contributed by atoms with E-state index < -0.39 is 0 Å². The van der Waals surface area contributed by atoms with Crippen molar-refractivity contribution in [1.82, 2.24) is 10.3 Å². The lowest BCUT2D eigenvalue weighted by atomic mass is 10.2. The molecule has 1 amide bonds. The van der Waals surface area contributed by atoms with Crippen molar-refractivity contribution in [1.29, 1.82) is 0 Å². The van der Waals surface area contributed by atoms with E-state index in [0.29, 0.717) is 6.54 Å². The summed E-state index contributed by atoms with van der Waals surface area (Å²) in [5.74, 6) is 0.0642. The van der Waals surface area contributed by atoms with E-state index in [1.807, 2.05) is 12.1 Å². The van der Waals surface area contributed by atoms with Crippen LogP contribution in [0.1, 0.15) is 18.5 Å². The molecule has 17 heavy (non-hydrogen) atoms. The van der Waals surface area contributed by atoms with Crippen LogP contribution in [0, 0.1) is 0 Å². The first-order valence-corrected chi connectivity index (χ1v) is 5.90. The Hall–Kier alpha value is -1.62. The van der Waals surface area contributed by atoms with E-state index in [2.05, 4.69) is 15.2 Å². The number of nitrogens with one attached hydrogen (secondary N) is 1. The maximum Gasteiger partial charge on any atom is 0.242 e. The van der Waals surface area contributed by atoms with Crippen molar-refractivity contribution in [3.05, 3.63) is 24.0 Å². The van der Waals surface area contributed by atoms with E-state index in [4.69, 9.17) is 5.73 Å². The largest absolute Gasteiger partial charge is 0.358 e. The quantitative estimate of drug-likeness (QED) is 0.786. The molecule has 92 valence electrons. The Morgan fingerprint density at radius 2 is 2.53 bits per heavy atom. The first kappa shape index (κ1) is 11.9. The normalized spacial score (nSPS) is 19.4.